The second-order valence-corrected chi connectivity index (χ2v) is 8.02. The highest BCUT2D eigenvalue weighted by atomic mass is 16.5. The molecule has 0 unspecified atom stereocenters. The van der Waals surface area contributed by atoms with E-state index in [0.29, 0.717) is 23.6 Å². The number of likely N-dealkylation sites (tertiary alicyclic amines) is 1. The number of hydrogen-bond acceptors (Lipinski definition) is 5. The Kier molecular flexibility index (Phi) is 5.05. The summed E-state index contributed by atoms with van der Waals surface area (Å²) in [6.45, 7) is 2.83. The van der Waals surface area contributed by atoms with Gasteiger partial charge >= 0.3 is 0 Å². The van der Waals surface area contributed by atoms with Crippen LogP contribution in [0.15, 0.2) is 54.9 Å². The van der Waals surface area contributed by atoms with Gasteiger partial charge in [0.05, 0.1) is 42.5 Å². The highest BCUT2D eigenvalue weighted by molar-refractivity contribution is 5.98. The number of hydrogen-bond donors (Lipinski definition) is 1. The zero-order valence-corrected chi connectivity index (χ0v) is 18.3. The van der Waals surface area contributed by atoms with Gasteiger partial charge in [0.2, 0.25) is 0 Å². The number of nitrogens with one attached hydrogen (secondary N) is 1. The van der Waals surface area contributed by atoms with E-state index < -0.39 is 0 Å². The Morgan fingerprint density at radius 1 is 1.12 bits per heavy atom. The van der Waals surface area contributed by atoms with Crippen LogP contribution in [0.25, 0.3) is 16.7 Å². The molecule has 1 N–H and O–H groups in total. The topological polar surface area (TPSA) is 85.3 Å². The van der Waals surface area contributed by atoms with Crippen molar-refractivity contribution in [3.63, 3.8) is 0 Å². The molecule has 0 aliphatic carbocycles. The number of aromatic amines is 1. The van der Waals surface area contributed by atoms with Crippen LogP contribution in [0.3, 0.4) is 0 Å². The molecule has 1 fully saturated rings. The smallest absolute Gasteiger partial charge is 0.256 e. The average Bonchev–Trinajstić information content (AvgIpc) is 3.56. The van der Waals surface area contributed by atoms with Gasteiger partial charge in [0.25, 0.3) is 5.91 Å². The molecule has 8 heteroatoms. The molecule has 0 bridgehead atoms. The summed E-state index contributed by atoms with van der Waals surface area (Å²) in [5.74, 6) is 2.26. The van der Waals surface area contributed by atoms with Gasteiger partial charge in [-0.2, -0.15) is 5.10 Å². The number of rotatable bonds is 5. The Morgan fingerprint density at radius 2 is 1.91 bits per heavy atom. The normalized spacial score (nSPS) is 18.3. The molecular weight excluding hydrogens is 406 g/mol. The number of imidazole rings is 1. The number of fused-ring (bicyclic) bond motifs is 1. The van der Waals surface area contributed by atoms with E-state index in [4.69, 9.17) is 14.5 Å². The lowest BCUT2D eigenvalue weighted by molar-refractivity contribution is 0.0714. The van der Waals surface area contributed by atoms with Crippen LogP contribution in [0, 0.1) is 5.92 Å². The molecule has 0 saturated carbocycles. The molecule has 164 valence electrons. The number of carbonyl (C=O) groups is 1. The molecule has 0 radical (unpaired) electrons. The molecule has 2 aromatic heterocycles. The number of amides is 1. The second kappa shape index (κ2) is 8.03. The van der Waals surface area contributed by atoms with Crippen LogP contribution in [0.5, 0.6) is 11.5 Å². The van der Waals surface area contributed by atoms with Crippen molar-refractivity contribution >= 4 is 16.9 Å². The maximum absolute atomic E-state index is 13.7. The zero-order chi connectivity index (χ0) is 22.2. The molecule has 2 atom stereocenters. The van der Waals surface area contributed by atoms with E-state index in [0.717, 1.165) is 29.0 Å². The number of benzene rings is 2. The summed E-state index contributed by atoms with van der Waals surface area (Å²) in [7, 11) is 3.21. The molecular formula is C24H25N5O3. The van der Waals surface area contributed by atoms with E-state index in [1.165, 1.54) is 0 Å². The molecule has 1 aliphatic heterocycles. The monoisotopic (exact) mass is 431 g/mol. The summed E-state index contributed by atoms with van der Waals surface area (Å²) in [5.41, 5.74) is 3.01. The summed E-state index contributed by atoms with van der Waals surface area (Å²) < 4.78 is 12.6. The van der Waals surface area contributed by atoms with Crippen LogP contribution in [0.4, 0.5) is 0 Å². The fourth-order valence-electron chi connectivity index (χ4n) is 4.51. The van der Waals surface area contributed by atoms with Crippen LogP contribution in [0.2, 0.25) is 0 Å². The minimum Gasteiger partial charge on any atom is -0.493 e. The third-order valence-electron chi connectivity index (χ3n) is 6.13. The number of aromatic nitrogens is 4. The molecule has 1 amide bonds. The minimum atomic E-state index is -0.155. The first-order chi connectivity index (χ1) is 15.6. The van der Waals surface area contributed by atoms with Gasteiger partial charge in [0, 0.05) is 31.1 Å². The fraction of sp³-hybridized carbons (Fsp3) is 0.292. The summed E-state index contributed by atoms with van der Waals surface area (Å²) in [4.78, 5) is 23.9. The number of carbonyl (C=O) groups excluding carboxylic acids is 1. The maximum Gasteiger partial charge on any atom is 0.256 e. The van der Waals surface area contributed by atoms with Crippen LogP contribution in [-0.4, -0.2) is 51.3 Å². The lowest BCUT2D eigenvalue weighted by atomic mass is 10.0. The Hall–Kier alpha value is -3.81. The van der Waals surface area contributed by atoms with Crippen LogP contribution in [0.1, 0.15) is 35.6 Å². The standard InChI is InChI=1S/C24H25N5O3/c1-15-9-12-28(24(30)16-7-4-5-8-19(16)29-11-6-10-25-29)22(15)23-26-17-13-20(31-2)21(32-3)14-18(17)27-23/h4-8,10-11,13-15,22H,9,12H2,1-3H3,(H,26,27)/t15-,22-/m0/s1. The number of nitrogens with zero attached hydrogens (tertiary/aromatic N) is 4. The Morgan fingerprint density at radius 3 is 2.66 bits per heavy atom. The quantitative estimate of drug-likeness (QED) is 0.516. The van der Waals surface area contributed by atoms with E-state index in [2.05, 4.69) is 17.0 Å². The van der Waals surface area contributed by atoms with E-state index in [-0.39, 0.29) is 17.9 Å². The van der Waals surface area contributed by atoms with Crippen molar-refractivity contribution in [1.29, 1.82) is 0 Å². The largest absolute Gasteiger partial charge is 0.493 e. The molecule has 5 rings (SSSR count). The molecule has 1 saturated heterocycles. The van der Waals surface area contributed by atoms with Gasteiger partial charge in [-0.3, -0.25) is 4.79 Å². The molecule has 2 aromatic carbocycles. The van der Waals surface area contributed by atoms with Gasteiger partial charge < -0.3 is 19.4 Å². The first kappa shape index (κ1) is 20.1. The molecule has 3 heterocycles. The van der Waals surface area contributed by atoms with E-state index in [1.807, 2.05) is 53.6 Å². The number of ether oxygens (including phenoxy) is 2. The lowest BCUT2D eigenvalue weighted by Gasteiger charge is -2.26. The molecule has 0 spiro atoms. The fourth-order valence-corrected chi connectivity index (χ4v) is 4.51. The highest BCUT2D eigenvalue weighted by Crippen LogP contribution is 2.39. The third-order valence-corrected chi connectivity index (χ3v) is 6.13. The van der Waals surface area contributed by atoms with Crippen molar-refractivity contribution in [2.75, 3.05) is 20.8 Å². The number of methoxy groups -OCH3 is 2. The van der Waals surface area contributed by atoms with Crippen LogP contribution < -0.4 is 9.47 Å². The molecule has 32 heavy (non-hydrogen) atoms. The first-order valence-corrected chi connectivity index (χ1v) is 10.6. The van der Waals surface area contributed by atoms with Crippen molar-refractivity contribution in [1.82, 2.24) is 24.6 Å². The van der Waals surface area contributed by atoms with Gasteiger partial charge in [-0.1, -0.05) is 19.1 Å². The molecule has 4 aromatic rings. The van der Waals surface area contributed by atoms with Gasteiger partial charge in [0.15, 0.2) is 11.5 Å². The van der Waals surface area contributed by atoms with Gasteiger partial charge in [-0.25, -0.2) is 9.67 Å². The molecule has 1 aliphatic rings. The van der Waals surface area contributed by atoms with Crippen molar-refractivity contribution < 1.29 is 14.3 Å². The van der Waals surface area contributed by atoms with Crippen molar-refractivity contribution in [3.8, 4) is 17.2 Å². The van der Waals surface area contributed by atoms with Crippen molar-refractivity contribution in [2.24, 2.45) is 5.92 Å². The van der Waals surface area contributed by atoms with E-state index in [9.17, 15) is 4.79 Å². The van der Waals surface area contributed by atoms with Crippen LogP contribution in [-0.2, 0) is 0 Å². The summed E-state index contributed by atoms with van der Waals surface area (Å²) >= 11 is 0. The lowest BCUT2D eigenvalue weighted by Crippen LogP contribution is -2.33. The number of para-hydroxylation sites is 1. The van der Waals surface area contributed by atoms with Crippen molar-refractivity contribution in [3.05, 3.63) is 66.2 Å². The summed E-state index contributed by atoms with van der Waals surface area (Å²) in [5, 5.41) is 4.31. The Bertz CT molecular complexity index is 1220. The first-order valence-electron chi connectivity index (χ1n) is 10.6. The predicted octanol–water partition coefficient (Wildman–Crippen LogP) is 3.99. The summed E-state index contributed by atoms with van der Waals surface area (Å²) in [6, 6.07) is 13.0. The minimum absolute atomic E-state index is 0.0268. The van der Waals surface area contributed by atoms with Crippen LogP contribution >= 0.6 is 0 Å². The third kappa shape index (κ3) is 3.28. The predicted molar refractivity (Wildman–Crippen MR) is 120 cm³/mol. The van der Waals surface area contributed by atoms with Gasteiger partial charge in [0.1, 0.15) is 5.82 Å². The van der Waals surface area contributed by atoms with Gasteiger partial charge in [-0.05, 0) is 30.5 Å². The van der Waals surface area contributed by atoms with Gasteiger partial charge in [-0.15, -0.1) is 0 Å². The average molecular weight is 431 g/mol. The Balaban J connectivity index is 1.54. The number of H-pyrrole nitrogens is 1. The molecule has 8 nitrogen and oxygen atoms in total. The van der Waals surface area contributed by atoms with E-state index in [1.54, 1.807) is 25.1 Å². The zero-order valence-electron chi connectivity index (χ0n) is 18.3. The highest BCUT2D eigenvalue weighted by Gasteiger charge is 2.38. The van der Waals surface area contributed by atoms with E-state index >= 15 is 0 Å². The maximum atomic E-state index is 13.7. The summed E-state index contributed by atoms with van der Waals surface area (Å²) in [6.07, 6.45) is 4.46. The Labute approximate surface area is 185 Å². The van der Waals surface area contributed by atoms with Crippen molar-refractivity contribution in [2.45, 2.75) is 19.4 Å². The second-order valence-electron chi connectivity index (χ2n) is 8.02. The SMILES string of the molecule is COc1cc2nc([C@@H]3[C@@H](C)CCN3C(=O)c3ccccc3-n3cccn3)[nH]c2cc1OC.